The highest BCUT2D eigenvalue weighted by molar-refractivity contribution is 5.69. The van der Waals surface area contributed by atoms with E-state index in [1.165, 1.54) is 0 Å². The Bertz CT molecular complexity index is 746. The minimum atomic E-state index is -0.190. The second kappa shape index (κ2) is 7.64. The Kier molecular flexibility index (Phi) is 5.59. The Morgan fingerprint density at radius 3 is 2.52 bits per heavy atom. The third kappa shape index (κ3) is 4.46. The number of aryl methyl sites for hydroxylation is 2. The summed E-state index contributed by atoms with van der Waals surface area (Å²) in [6.45, 7) is 6.08. The van der Waals surface area contributed by atoms with Gasteiger partial charge >= 0.3 is 5.97 Å². The molecule has 0 atom stereocenters. The number of ether oxygens (including phenoxy) is 1. The van der Waals surface area contributed by atoms with E-state index in [9.17, 15) is 4.79 Å². The van der Waals surface area contributed by atoms with Crippen molar-refractivity contribution in [3.8, 4) is 11.8 Å². The fourth-order valence-corrected chi connectivity index (χ4v) is 2.47. The number of aromatic nitrogens is 2. The lowest BCUT2D eigenvalue weighted by atomic mass is 10.1. The summed E-state index contributed by atoms with van der Waals surface area (Å²) in [5, 5.41) is 4.36. The van der Waals surface area contributed by atoms with Gasteiger partial charge in [-0.05, 0) is 50.5 Å². The van der Waals surface area contributed by atoms with E-state index < -0.39 is 0 Å². The summed E-state index contributed by atoms with van der Waals surface area (Å²) in [7, 11) is 1.91. The Hall–Kier alpha value is -2.54. The fraction of sp³-hybridized carbons (Fsp3) is 0.368. The molecule has 0 amide bonds. The Morgan fingerprint density at radius 1 is 1.26 bits per heavy atom. The van der Waals surface area contributed by atoms with Gasteiger partial charge in [0, 0.05) is 24.7 Å². The maximum absolute atomic E-state index is 11.9. The number of hydrogen-bond donors (Lipinski definition) is 0. The van der Waals surface area contributed by atoms with Crippen LogP contribution in [0.4, 0.5) is 0 Å². The molecular weight excluding hydrogens is 288 g/mol. The lowest BCUT2D eigenvalue weighted by molar-refractivity contribution is -0.144. The van der Waals surface area contributed by atoms with E-state index in [0.29, 0.717) is 19.4 Å². The van der Waals surface area contributed by atoms with Gasteiger partial charge in [-0.15, -0.1) is 5.92 Å². The quantitative estimate of drug-likeness (QED) is 0.630. The number of rotatable bonds is 5. The van der Waals surface area contributed by atoms with Gasteiger partial charge in [0.05, 0.1) is 5.69 Å². The van der Waals surface area contributed by atoms with Crippen LogP contribution in [0.25, 0.3) is 0 Å². The first-order valence-corrected chi connectivity index (χ1v) is 7.67. The lowest BCUT2D eigenvalue weighted by Crippen LogP contribution is -2.06. The van der Waals surface area contributed by atoms with Crippen molar-refractivity contribution in [1.29, 1.82) is 0 Å². The van der Waals surface area contributed by atoms with E-state index in [2.05, 4.69) is 16.9 Å². The minimum absolute atomic E-state index is 0.190. The van der Waals surface area contributed by atoms with Gasteiger partial charge < -0.3 is 4.74 Å². The van der Waals surface area contributed by atoms with Crippen LogP contribution in [0.2, 0.25) is 0 Å². The zero-order valence-electron chi connectivity index (χ0n) is 14.1. The topological polar surface area (TPSA) is 44.1 Å². The first-order chi connectivity index (χ1) is 11.0. The van der Waals surface area contributed by atoms with Crippen molar-refractivity contribution in [3.05, 3.63) is 52.3 Å². The molecule has 0 N–H and O–H groups in total. The average Bonchev–Trinajstić information content (AvgIpc) is 2.78. The number of carbonyl (C=O) groups is 1. The third-order valence-corrected chi connectivity index (χ3v) is 3.86. The normalized spacial score (nSPS) is 10.1. The number of hydrogen-bond acceptors (Lipinski definition) is 3. The molecule has 0 bridgehead atoms. The second-order valence-corrected chi connectivity index (χ2v) is 5.51. The lowest BCUT2D eigenvalue weighted by Gasteiger charge is -2.06. The smallest absolute Gasteiger partial charge is 0.306 e. The first-order valence-electron chi connectivity index (χ1n) is 7.67. The van der Waals surface area contributed by atoms with E-state index in [4.69, 9.17) is 4.74 Å². The van der Waals surface area contributed by atoms with E-state index in [1.54, 1.807) is 6.92 Å². The van der Waals surface area contributed by atoms with Crippen molar-refractivity contribution in [3.63, 3.8) is 0 Å². The molecule has 0 saturated carbocycles. The van der Waals surface area contributed by atoms with Gasteiger partial charge in [0.15, 0.2) is 0 Å². The van der Waals surface area contributed by atoms with Crippen molar-refractivity contribution < 1.29 is 9.53 Å². The van der Waals surface area contributed by atoms with Gasteiger partial charge in [-0.25, -0.2) is 0 Å². The Morgan fingerprint density at radius 2 is 1.96 bits per heavy atom. The fourth-order valence-electron chi connectivity index (χ4n) is 2.47. The van der Waals surface area contributed by atoms with Crippen molar-refractivity contribution in [1.82, 2.24) is 9.78 Å². The molecule has 4 heteroatoms. The largest absolute Gasteiger partial charge is 0.461 e. The SMILES string of the molecule is CC#Cc1ccc(COC(=O)CCc2c(C)nn(C)c2C)cc1. The molecule has 1 heterocycles. The predicted molar refractivity (Wildman–Crippen MR) is 89.8 cm³/mol. The molecule has 120 valence electrons. The molecule has 0 saturated heterocycles. The van der Waals surface area contributed by atoms with Crippen LogP contribution in [0, 0.1) is 25.7 Å². The van der Waals surface area contributed by atoms with Crippen molar-refractivity contribution >= 4 is 5.97 Å². The summed E-state index contributed by atoms with van der Waals surface area (Å²) >= 11 is 0. The van der Waals surface area contributed by atoms with Crippen molar-refractivity contribution in [2.45, 2.75) is 40.2 Å². The van der Waals surface area contributed by atoms with Gasteiger partial charge in [-0.1, -0.05) is 18.1 Å². The summed E-state index contributed by atoms with van der Waals surface area (Å²) in [6.07, 6.45) is 1.03. The van der Waals surface area contributed by atoms with Crippen LogP contribution in [0.3, 0.4) is 0 Å². The zero-order valence-corrected chi connectivity index (χ0v) is 14.1. The number of esters is 1. The molecule has 0 aliphatic carbocycles. The highest BCUT2D eigenvalue weighted by atomic mass is 16.5. The third-order valence-electron chi connectivity index (χ3n) is 3.86. The summed E-state index contributed by atoms with van der Waals surface area (Å²) < 4.78 is 7.18. The summed E-state index contributed by atoms with van der Waals surface area (Å²) in [4.78, 5) is 11.9. The van der Waals surface area contributed by atoms with Crippen LogP contribution in [-0.2, 0) is 29.6 Å². The standard InChI is InChI=1S/C19H22N2O2/c1-5-6-16-7-9-17(10-8-16)13-23-19(22)12-11-18-14(2)20-21(4)15(18)3/h7-10H,11-13H2,1-4H3. The Labute approximate surface area is 137 Å². The van der Waals surface area contributed by atoms with E-state index in [-0.39, 0.29) is 5.97 Å². The molecule has 0 fully saturated rings. The molecule has 2 aromatic rings. The monoisotopic (exact) mass is 310 g/mol. The predicted octanol–water partition coefficient (Wildman–Crippen LogP) is 3.08. The molecular formula is C19H22N2O2. The van der Waals surface area contributed by atoms with Gasteiger partial charge in [0.1, 0.15) is 6.61 Å². The first kappa shape index (κ1) is 16.8. The van der Waals surface area contributed by atoms with Gasteiger partial charge in [0.2, 0.25) is 0 Å². The summed E-state index contributed by atoms with van der Waals surface area (Å²) in [5.41, 5.74) is 5.14. The molecule has 0 unspecified atom stereocenters. The Balaban J connectivity index is 1.84. The van der Waals surface area contributed by atoms with Crippen LogP contribution in [0.15, 0.2) is 24.3 Å². The molecule has 4 nitrogen and oxygen atoms in total. The van der Waals surface area contributed by atoms with Gasteiger partial charge in [-0.2, -0.15) is 5.10 Å². The van der Waals surface area contributed by atoms with E-state index >= 15 is 0 Å². The van der Waals surface area contributed by atoms with Crippen LogP contribution in [0.1, 0.15) is 41.4 Å². The molecule has 2 rings (SSSR count). The van der Waals surface area contributed by atoms with Gasteiger partial charge in [-0.3, -0.25) is 9.48 Å². The molecule has 23 heavy (non-hydrogen) atoms. The molecule has 1 aromatic heterocycles. The van der Waals surface area contributed by atoms with Gasteiger partial charge in [0.25, 0.3) is 0 Å². The maximum atomic E-state index is 11.9. The molecule has 1 aromatic carbocycles. The van der Waals surface area contributed by atoms with Crippen LogP contribution in [0.5, 0.6) is 0 Å². The molecule has 0 aliphatic heterocycles. The number of carbonyl (C=O) groups excluding carboxylic acids is 1. The summed E-state index contributed by atoms with van der Waals surface area (Å²) in [6, 6.07) is 7.73. The number of benzene rings is 1. The minimum Gasteiger partial charge on any atom is -0.461 e. The highest BCUT2D eigenvalue weighted by Crippen LogP contribution is 2.14. The van der Waals surface area contributed by atoms with Crippen LogP contribution >= 0.6 is 0 Å². The molecule has 0 spiro atoms. The highest BCUT2D eigenvalue weighted by Gasteiger charge is 2.12. The number of nitrogens with zero attached hydrogens (tertiary/aromatic N) is 2. The van der Waals surface area contributed by atoms with E-state index in [1.807, 2.05) is 49.8 Å². The van der Waals surface area contributed by atoms with Crippen molar-refractivity contribution in [2.24, 2.45) is 7.05 Å². The second-order valence-electron chi connectivity index (χ2n) is 5.51. The van der Waals surface area contributed by atoms with Crippen LogP contribution in [-0.4, -0.2) is 15.7 Å². The molecule has 0 aliphatic rings. The maximum Gasteiger partial charge on any atom is 0.306 e. The zero-order chi connectivity index (χ0) is 16.8. The summed E-state index contributed by atoms with van der Waals surface area (Å²) in [5.74, 6) is 5.65. The van der Waals surface area contributed by atoms with E-state index in [0.717, 1.165) is 28.1 Å². The van der Waals surface area contributed by atoms with Crippen LogP contribution < -0.4 is 0 Å². The van der Waals surface area contributed by atoms with Crippen molar-refractivity contribution in [2.75, 3.05) is 0 Å². The average molecular weight is 310 g/mol. The molecule has 0 radical (unpaired) electrons.